The second-order valence-corrected chi connectivity index (χ2v) is 6.00. The van der Waals surface area contributed by atoms with Crippen LogP contribution in [0.5, 0.6) is 0 Å². The van der Waals surface area contributed by atoms with E-state index in [9.17, 15) is 9.59 Å². The highest BCUT2D eigenvalue weighted by Gasteiger charge is 2.25. The van der Waals surface area contributed by atoms with Crippen molar-refractivity contribution in [2.75, 3.05) is 0 Å². The third-order valence-electron chi connectivity index (χ3n) is 2.89. The van der Waals surface area contributed by atoms with E-state index in [1.54, 1.807) is 20.8 Å². The Bertz CT molecular complexity index is 489. The van der Waals surface area contributed by atoms with Crippen molar-refractivity contribution in [1.82, 2.24) is 5.32 Å². The van der Waals surface area contributed by atoms with Gasteiger partial charge < -0.3 is 10.1 Å². The van der Waals surface area contributed by atoms with E-state index < -0.39 is 17.6 Å². The van der Waals surface area contributed by atoms with Gasteiger partial charge in [0.1, 0.15) is 11.6 Å². The fraction of sp³-hybridized carbons (Fsp3) is 0.500. The molecule has 1 N–H and O–H groups in total. The topological polar surface area (TPSA) is 55.4 Å². The van der Waals surface area contributed by atoms with Gasteiger partial charge in [0.15, 0.2) is 0 Å². The second-order valence-electron chi connectivity index (χ2n) is 6.00. The Hall–Kier alpha value is -1.84. The highest BCUT2D eigenvalue weighted by Crippen LogP contribution is 2.15. The molecule has 1 unspecified atom stereocenters. The van der Waals surface area contributed by atoms with E-state index in [-0.39, 0.29) is 0 Å². The molecule has 1 amide bonds. The molecule has 1 aromatic carbocycles. The molecule has 4 nitrogen and oxygen atoms in total. The van der Waals surface area contributed by atoms with E-state index in [0.29, 0.717) is 12.8 Å². The Labute approximate surface area is 120 Å². The summed E-state index contributed by atoms with van der Waals surface area (Å²) in [4.78, 5) is 22.8. The van der Waals surface area contributed by atoms with Gasteiger partial charge in [0.25, 0.3) is 0 Å². The summed E-state index contributed by atoms with van der Waals surface area (Å²) in [5.74, 6) is -0.412. The standard InChI is InChI=1S/C16H23NO3/c1-11-6-7-12(2)13(8-11)9-14(17-10-18)15(19)20-16(3,4)5/h6-8,10,14H,9H2,1-5H3,(H,17,18). The van der Waals surface area contributed by atoms with Gasteiger partial charge in [0.2, 0.25) is 6.41 Å². The number of nitrogens with one attached hydrogen (secondary N) is 1. The lowest BCUT2D eigenvalue weighted by Crippen LogP contribution is -2.42. The minimum absolute atomic E-state index is 0.412. The zero-order chi connectivity index (χ0) is 15.3. The first-order valence-electron chi connectivity index (χ1n) is 6.71. The number of esters is 1. The molecule has 4 heteroatoms. The number of carbonyl (C=O) groups is 2. The third kappa shape index (κ3) is 5.03. The predicted molar refractivity (Wildman–Crippen MR) is 78.5 cm³/mol. The summed E-state index contributed by atoms with van der Waals surface area (Å²) in [5, 5.41) is 2.55. The van der Waals surface area contributed by atoms with Crippen molar-refractivity contribution in [3.8, 4) is 0 Å². The SMILES string of the molecule is Cc1ccc(C)c(CC(NC=O)C(=O)OC(C)(C)C)c1. The molecule has 0 fully saturated rings. The van der Waals surface area contributed by atoms with Crippen LogP contribution in [0.4, 0.5) is 0 Å². The maximum Gasteiger partial charge on any atom is 0.329 e. The average molecular weight is 277 g/mol. The normalized spacial score (nSPS) is 12.7. The summed E-state index contributed by atoms with van der Waals surface area (Å²) >= 11 is 0. The van der Waals surface area contributed by atoms with Crippen molar-refractivity contribution in [2.45, 2.75) is 52.7 Å². The van der Waals surface area contributed by atoms with Crippen molar-refractivity contribution >= 4 is 12.4 Å². The first kappa shape index (κ1) is 16.2. The molecule has 1 aromatic rings. The van der Waals surface area contributed by atoms with Gasteiger partial charge in [-0.2, -0.15) is 0 Å². The van der Waals surface area contributed by atoms with Gasteiger partial charge in [-0.1, -0.05) is 23.8 Å². The van der Waals surface area contributed by atoms with Crippen molar-refractivity contribution in [3.63, 3.8) is 0 Å². The van der Waals surface area contributed by atoms with Gasteiger partial charge in [-0.3, -0.25) is 4.79 Å². The molecule has 0 aliphatic heterocycles. The summed E-state index contributed by atoms with van der Waals surface area (Å²) < 4.78 is 5.33. The Morgan fingerprint density at radius 2 is 2.00 bits per heavy atom. The molecular formula is C16H23NO3. The molecule has 0 radical (unpaired) electrons. The average Bonchev–Trinajstić information content (AvgIpc) is 2.31. The fourth-order valence-corrected chi connectivity index (χ4v) is 1.91. The minimum Gasteiger partial charge on any atom is -0.458 e. The number of benzene rings is 1. The van der Waals surface area contributed by atoms with Crippen molar-refractivity contribution in [1.29, 1.82) is 0 Å². The van der Waals surface area contributed by atoms with Crippen molar-refractivity contribution < 1.29 is 14.3 Å². The van der Waals surface area contributed by atoms with Gasteiger partial charge in [-0.05, 0) is 45.7 Å². The molecule has 110 valence electrons. The lowest BCUT2D eigenvalue weighted by atomic mass is 9.99. The molecule has 0 saturated heterocycles. The Morgan fingerprint density at radius 1 is 1.35 bits per heavy atom. The van der Waals surface area contributed by atoms with Gasteiger partial charge in [0.05, 0.1) is 0 Å². The van der Waals surface area contributed by atoms with Crippen molar-refractivity contribution in [3.05, 3.63) is 34.9 Å². The number of rotatable bonds is 5. The summed E-state index contributed by atoms with van der Waals surface area (Å²) in [6.07, 6.45) is 0.973. The molecular weight excluding hydrogens is 254 g/mol. The molecule has 0 saturated carbocycles. The van der Waals surface area contributed by atoms with Gasteiger partial charge >= 0.3 is 5.97 Å². The van der Waals surface area contributed by atoms with E-state index in [1.165, 1.54) is 0 Å². The molecule has 0 aliphatic carbocycles. The van der Waals surface area contributed by atoms with Crippen LogP contribution in [0.1, 0.15) is 37.5 Å². The molecule has 0 bridgehead atoms. The van der Waals surface area contributed by atoms with E-state index in [1.807, 2.05) is 32.0 Å². The van der Waals surface area contributed by atoms with Crippen LogP contribution in [-0.4, -0.2) is 24.0 Å². The molecule has 20 heavy (non-hydrogen) atoms. The minimum atomic E-state index is -0.660. The Balaban J connectivity index is 2.89. The quantitative estimate of drug-likeness (QED) is 0.663. The third-order valence-corrected chi connectivity index (χ3v) is 2.89. The van der Waals surface area contributed by atoms with Crippen LogP contribution in [-0.2, 0) is 20.7 Å². The zero-order valence-corrected chi connectivity index (χ0v) is 12.8. The lowest BCUT2D eigenvalue weighted by Gasteiger charge is -2.24. The monoisotopic (exact) mass is 277 g/mol. The molecule has 0 spiro atoms. The van der Waals surface area contributed by atoms with Crippen LogP contribution in [0.2, 0.25) is 0 Å². The Morgan fingerprint density at radius 3 is 2.55 bits per heavy atom. The maximum absolute atomic E-state index is 12.1. The predicted octanol–water partition coefficient (Wildman–Crippen LogP) is 2.30. The van der Waals surface area contributed by atoms with E-state index in [2.05, 4.69) is 5.32 Å². The summed E-state index contributed by atoms with van der Waals surface area (Å²) in [5.41, 5.74) is 2.69. The molecule has 0 aliphatic rings. The van der Waals surface area contributed by atoms with Crippen molar-refractivity contribution in [2.24, 2.45) is 0 Å². The first-order valence-corrected chi connectivity index (χ1v) is 6.71. The van der Waals surface area contributed by atoms with Gasteiger partial charge in [0, 0.05) is 6.42 Å². The van der Waals surface area contributed by atoms with Crippen LogP contribution in [0.3, 0.4) is 0 Å². The highest BCUT2D eigenvalue weighted by molar-refractivity contribution is 5.79. The molecule has 1 atom stereocenters. The van der Waals surface area contributed by atoms with E-state index >= 15 is 0 Å². The summed E-state index contributed by atoms with van der Waals surface area (Å²) in [6.45, 7) is 9.41. The van der Waals surface area contributed by atoms with Crippen LogP contribution < -0.4 is 5.32 Å². The van der Waals surface area contributed by atoms with Gasteiger partial charge in [-0.25, -0.2) is 4.79 Å². The van der Waals surface area contributed by atoms with E-state index in [4.69, 9.17) is 4.74 Å². The summed E-state index contributed by atoms with van der Waals surface area (Å²) in [7, 11) is 0. The number of carbonyl (C=O) groups excluding carboxylic acids is 2. The van der Waals surface area contributed by atoms with Crippen LogP contribution in [0.25, 0.3) is 0 Å². The van der Waals surface area contributed by atoms with Crippen LogP contribution in [0.15, 0.2) is 18.2 Å². The summed E-state index contributed by atoms with van der Waals surface area (Å²) in [6, 6.07) is 5.40. The van der Waals surface area contributed by atoms with Crippen LogP contribution >= 0.6 is 0 Å². The first-order chi connectivity index (χ1) is 9.23. The number of hydrogen-bond acceptors (Lipinski definition) is 3. The largest absolute Gasteiger partial charge is 0.458 e. The Kier molecular flexibility index (Phi) is 5.31. The smallest absolute Gasteiger partial charge is 0.329 e. The molecule has 1 rings (SSSR count). The number of ether oxygens (including phenoxy) is 1. The van der Waals surface area contributed by atoms with Gasteiger partial charge in [-0.15, -0.1) is 0 Å². The zero-order valence-electron chi connectivity index (χ0n) is 12.8. The molecule has 0 aromatic heterocycles. The fourth-order valence-electron chi connectivity index (χ4n) is 1.91. The maximum atomic E-state index is 12.1. The number of amides is 1. The molecule has 0 heterocycles. The highest BCUT2D eigenvalue weighted by atomic mass is 16.6. The lowest BCUT2D eigenvalue weighted by molar-refractivity contribution is -0.158. The number of hydrogen-bond donors (Lipinski definition) is 1. The second kappa shape index (κ2) is 6.55. The van der Waals surface area contributed by atoms with Crippen LogP contribution in [0, 0.1) is 13.8 Å². The van der Waals surface area contributed by atoms with E-state index in [0.717, 1.165) is 16.7 Å². The number of aryl methyl sites for hydroxylation is 2.